The topological polar surface area (TPSA) is 69.6 Å². The van der Waals surface area contributed by atoms with Crippen molar-refractivity contribution < 1.29 is 15.0 Å². The third kappa shape index (κ3) is 8.16. The average Bonchev–Trinajstić information content (AvgIpc) is 2.33. The van der Waals surface area contributed by atoms with E-state index in [9.17, 15) is 9.90 Å². The van der Waals surface area contributed by atoms with Crippen molar-refractivity contribution in [2.45, 2.75) is 70.9 Å². The third-order valence-electron chi connectivity index (χ3n) is 2.87. The molecule has 0 aromatic heterocycles. The molecule has 0 aromatic rings. The third-order valence-corrected chi connectivity index (χ3v) is 2.87. The molecule has 0 aliphatic rings. The summed E-state index contributed by atoms with van der Waals surface area (Å²) in [6.45, 7) is 3.92. The maximum atomic E-state index is 11.5. The molecule has 0 radical (unpaired) electrons. The Labute approximate surface area is 104 Å². The smallest absolute Gasteiger partial charge is 0.220 e. The summed E-state index contributed by atoms with van der Waals surface area (Å²) in [7, 11) is 0. The van der Waals surface area contributed by atoms with Gasteiger partial charge in [0.1, 0.15) is 0 Å². The van der Waals surface area contributed by atoms with Crippen molar-refractivity contribution in [3.05, 3.63) is 0 Å². The summed E-state index contributed by atoms with van der Waals surface area (Å²) >= 11 is 0. The number of aliphatic hydroxyl groups excluding tert-OH is 2. The van der Waals surface area contributed by atoms with E-state index < -0.39 is 12.1 Å². The predicted molar refractivity (Wildman–Crippen MR) is 68.7 cm³/mol. The predicted octanol–water partition coefficient (Wildman–Crippen LogP) is 1.59. The number of rotatable bonds is 10. The molecule has 0 aromatic carbocycles. The quantitative estimate of drug-likeness (QED) is 0.512. The van der Waals surface area contributed by atoms with E-state index in [1.807, 2.05) is 6.92 Å². The van der Waals surface area contributed by atoms with Gasteiger partial charge in [0.15, 0.2) is 0 Å². The van der Waals surface area contributed by atoms with E-state index in [4.69, 9.17) is 5.11 Å². The first kappa shape index (κ1) is 16.4. The van der Waals surface area contributed by atoms with Crippen LogP contribution in [-0.2, 0) is 4.79 Å². The molecule has 0 heterocycles. The molecule has 1 amide bonds. The van der Waals surface area contributed by atoms with Gasteiger partial charge in [0.2, 0.25) is 5.91 Å². The van der Waals surface area contributed by atoms with Gasteiger partial charge in [-0.3, -0.25) is 4.79 Å². The zero-order valence-electron chi connectivity index (χ0n) is 11.1. The van der Waals surface area contributed by atoms with Crippen molar-refractivity contribution in [2.75, 3.05) is 6.61 Å². The lowest BCUT2D eigenvalue weighted by molar-refractivity contribution is -0.123. The standard InChI is InChI=1S/C13H27NO3/c1-3-5-7-8-12(16)11(10-15)14-13(17)9-6-4-2/h11-12,15-16H,3-10H2,1-2H3,(H,14,17). The molecule has 4 heteroatoms. The molecule has 17 heavy (non-hydrogen) atoms. The van der Waals surface area contributed by atoms with Crippen LogP contribution in [0.3, 0.4) is 0 Å². The SMILES string of the molecule is CCCCCC(O)C(CO)NC(=O)CCCC. The first-order valence-corrected chi connectivity index (χ1v) is 6.73. The largest absolute Gasteiger partial charge is 0.394 e. The molecule has 3 N–H and O–H groups in total. The van der Waals surface area contributed by atoms with Gasteiger partial charge < -0.3 is 15.5 Å². The van der Waals surface area contributed by atoms with E-state index in [1.54, 1.807) is 0 Å². The minimum absolute atomic E-state index is 0.0829. The molecule has 0 aliphatic heterocycles. The molecular weight excluding hydrogens is 218 g/mol. The highest BCUT2D eigenvalue weighted by Crippen LogP contribution is 2.07. The van der Waals surface area contributed by atoms with Gasteiger partial charge in [-0.05, 0) is 12.8 Å². The Hall–Kier alpha value is -0.610. The Bertz CT molecular complexity index is 197. The molecule has 0 rings (SSSR count). The number of unbranched alkanes of at least 4 members (excludes halogenated alkanes) is 3. The van der Waals surface area contributed by atoms with Gasteiger partial charge in [0.05, 0.1) is 18.8 Å². The normalized spacial score (nSPS) is 14.4. The first-order chi connectivity index (χ1) is 8.15. The van der Waals surface area contributed by atoms with Gasteiger partial charge in [-0.1, -0.05) is 39.5 Å². The van der Waals surface area contributed by atoms with Crippen LogP contribution in [0.25, 0.3) is 0 Å². The van der Waals surface area contributed by atoms with Crippen molar-refractivity contribution in [1.29, 1.82) is 0 Å². The highest BCUT2D eigenvalue weighted by Gasteiger charge is 2.19. The summed E-state index contributed by atoms with van der Waals surface area (Å²) < 4.78 is 0. The van der Waals surface area contributed by atoms with Crippen LogP contribution in [0.5, 0.6) is 0 Å². The number of hydrogen-bond acceptors (Lipinski definition) is 3. The Morgan fingerprint density at radius 3 is 2.35 bits per heavy atom. The Morgan fingerprint density at radius 1 is 1.18 bits per heavy atom. The summed E-state index contributed by atoms with van der Waals surface area (Å²) in [5.74, 6) is -0.0829. The van der Waals surface area contributed by atoms with Crippen molar-refractivity contribution in [3.63, 3.8) is 0 Å². The molecule has 0 saturated heterocycles. The van der Waals surface area contributed by atoms with Crippen LogP contribution in [0.2, 0.25) is 0 Å². The van der Waals surface area contributed by atoms with Crippen LogP contribution < -0.4 is 5.32 Å². The second kappa shape index (κ2) is 10.5. The van der Waals surface area contributed by atoms with E-state index in [2.05, 4.69) is 12.2 Å². The van der Waals surface area contributed by atoms with Gasteiger partial charge >= 0.3 is 0 Å². The van der Waals surface area contributed by atoms with Gasteiger partial charge in [0, 0.05) is 6.42 Å². The van der Waals surface area contributed by atoms with Crippen LogP contribution in [0.1, 0.15) is 58.8 Å². The summed E-state index contributed by atoms with van der Waals surface area (Å²) in [6.07, 6.45) is 5.36. The van der Waals surface area contributed by atoms with Gasteiger partial charge in [-0.25, -0.2) is 0 Å². The van der Waals surface area contributed by atoms with E-state index in [1.165, 1.54) is 0 Å². The van der Waals surface area contributed by atoms with Crippen LogP contribution >= 0.6 is 0 Å². The minimum Gasteiger partial charge on any atom is -0.394 e. The van der Waals surface area contributed by atoms with Crippen LogP contribution in [0, 0.1) is 0 Å². The fourth-order valence-corrected chi connectivity index (χ4v) is 1.68. The summed E-state index contributed by atoms with van der Waals surface area (Å²) in [6, 6.07) is -0.517. The van der Waals surface area contributed by atoms with Crippen LogP contribution in [-0.4, -0.2) is 34.9 Å². The zero-order chi connectivity index (χ0) is 13.1. The number of nitrogens with one attached hydrogen (secondary N) is 1. The van der Waals surface area contributed by atoms with Crippen molar-refractivity contribution >= 4 is 5.91 Å². The molecular formula is C13H27NO3. The van der Waals surface area contributed by atoms with Crippen molar-refractivity contribution in [2.24, 2.45) is 0 Å². The van der Waals surface area contributed by atoms with Gasteiger partial charge in [0.25, 0.3) is 0 Å². The average molecular weight is 245 g/mol. The highest BCUT2D eigenvalue weighted by atomic mass is 16.3. The Morgan fingerprint density at radius 2 is 1.82 bits per heavy atom. The monoisotopic (exact) mass is 245 g/mol. The van der Waals surface area contributed by atoms with Crippen molar-refractivity contribution in [1.82, 2.24) is 5.32 Å². The lowest BCUT2D eigenvalue weighted by atomic mass is 10.0. The molecule has 4 nitrogen and oxygen atoms in total. The number of carbonyl (C=O) groups excluding carboxylic acids is 1. The summed E-state index contributed by atoms with van der Waals surface area (Å²) in [4.78, 5) is 11.5. The number of aliphatic hydroxyl groups is 2. The molecule has 0 saturated carbocycles. The van der Waals surface area contributed by atoms with Crippen LogP contribution in [0.4, 0.5) is 0 Å². The second-order valence-corrected chi connectivity index (χ2v) is 4.52. The summed E-state index contributed by atoms with van der Waals surface area (Å²) in [5, 5.41) is 21.7. The number of hydrogen-bond donors (Lipinski definition) is 3. The molecule has 0 spiro atoms. The van der Waals surface area contributed by atoms with Gasteiger partial charge in [-0.2, -0.15) is 0 Å². The van der Waals surface area contributed by atoms with E-state index in [0.717, 1.165) is 32.1 Å². The van der Waals surface area contributed by atoms with Gasteiger partial charge in [-0.15, -0.1) is 0 Å². The summed E-state index contributed by atoms with van der Waals surface area (Å²) in [5.41, 5.74) is 0. The second-order valence-electron chi connectivity index (χ2n) is 4.52. The van der Waals surface area contributed by atoms with Crippen LogP contribution in [0.15, 0.2) is 0 Å². The Kier molecular flexibility index (Phi) is 10.2. The fourth-order valence-electron chi connectivity index (χ4n) is 1.68. The lowest BCUT2D eigenvalue weighted by Gasteiger charge is -2.22. The molecule has 2 atom stereocenters. The molecule has 0 fully saturated rings. The lowest BCUT2D eigenvalue weighted by Crippen LogP contribution is -2.45. The maximum Gasteiger partial charge on any atom is 0.220 e. The minimum atomic E-state index is -0.642. The number of carbonyl (C=O) groups is 1. The van der Waals surface area contributed by atoms with Crippen molar-refractivity contribution in [3.8, 4) is 0 Å². The first-order valence-electron chi connectivity index (χ1n) is 6.73. The highest BCUT2D eigenvalue weighted by molar-refractivity contribution is 5.76. The molecule has 2 unspecified atom stereocenters. The number of amides is 1. The van der Waals surface area contributed by atoms with E-state index in [0.29, 0.717) is 12.8 Å². The fraction of sp³-hybridized carbons (Fsp3) is 0.923. The molecule has 0 bridgehead atoms. The van der Waals surface area contributed by atoms with E-state index >= 15 is 0 Å². The Balaban J connectivity index is 3.90. The maximum absolute atomic E-state index is 11.5. The zero-order valence-corrected chi connectivity index (χ0v) is 11.1. The van der Waals surface area contributed by atoms with E-state index in [-0.39, 0.29) is 12.5 Å². The molecule has 0 aliphatic carbocycles. The molecule has 102 valence electrons.